The SMILES string of the molecule is CC(C)(C)c1ccc(-c2ccccc2C(C)(C)c2ccccc2)c(OCCOP(O)O)c1. The maximum atomic E-state index is 9.01. The Bertz CT molecular complexity index is 1020. The summed E-state index contributed by atoms with van der Waals surface area (Å²) in [6.45, 7) is 11.3. The molecule has 0 aromatic heterocycles. The summed E-state index contributed by atoms with van der Waals surface area (Å²) in [4.78, 5) is 18.0. The lowest BCUT2D eigenvalue weighted by Gasteiger charge is -2.29. The molecule has 0 aliphatic rings. The molecular weight excluding hydrogens is 419 g/mol. The third-order valence-electron chi connectivity index (χ3n) is 5.78. The van der Waals surface area contributed by atoms with Crippen molar-refractivity contribution < 1.29 is 19.0 Å². The van der Waals surface area contributed by atoms with Crippen LogP contribution in [0.15, 0.2) is 72.8 Å². The molecule has 0 atom stereocenters. The first-order valence-electron chi connectivity index (χ1n) is 10.8. The minimum absolute atomic E-state index is 0.0273. The largest absolute Gasteiger partial charge is 0.491 e. The fourth-order valence-corrected chi connectivity index (χ4v) is 4.11. The second-order valence-electron chi connectivity index (χ2n) is 9.43. The molecule has 0 fully saturated rings. The zero-order valence-corrected chi connectivity index (χ0v) is 20.4. The standard InChI is InChI=1S/C27H33O4P/c1-26(2,3)21-15-16-23(25(19-21)30-17-18-31-32(28)29)22-13-9-10-14-24(22)27(4,5)20-11-7-6-8-12-20/h6-16,19,28-29H,17-18H2,1-5H3. The van der Waals surface area contributed by atoms with E-state index in [1.54, 1.807) is 0 Å². The summed E-state index contributed by atoms with van der Waals surface area (Å²) in [7, 11) is -2.38. The molecule has 2 N–H and O–H groups in total. The van der Waals surface area contributed by atoms with Crippen LogP contribution in [0.2, 0.25) is 0 Å². The van der Waals surface area contributed by atoms with Crippen molar-refractivity contribution in [2.45, 2.75) is 45.4 Å². The van der Waals surface area contributed by atoms with Crippen LogP contribution in [0.3, 0.4) is 0 Å². The summed E-state index contributed by atoms with van der Waals surface area (Å²) in [5, 5.41) is 0. The van der Waals surface area contributed by atoms with Gasteiger partial charge >= 0.3 is 8.60 Å². The minimum Gasteiger partial charge on any atom is -0.491 e. The van der Waals surface area contributed by atoms with E-state index in [1.807, 2.05) is 6.07 Å². The Morgan fingerprint density at radius 1 is 0.719 bits per heavy atom. The van der Waals surface area contributed by atoms with Crippen LogP contribution in [0.1, 0.15) is 51.3 Å². The van der Waals surface area contributed by atoms with E-state index in [4.69, 9.17) is 19.0 Å². The number of rotatable bonds is 8. The van der Waals surface area contributed by atoms with E-state index in [0.717, 1.165) is 16.9 Å². The molecule has 170 valence electrons. The Morgan fingerprint density at radius 2 is 1.38 bits per heavy atom. The third kappa shape index (κ3) is 5.76. The molecule has 0 bridgehead atoms. The molecule has 3 aromatic carbocycles. The summed E-state index contributed by atoms with van der Waals surface area (Å²) >= 11 is 0. The molecule has 0 heterocycles. The van der Waals surface area contributed by atoms with Crippen molar-refractivity contribution in [1.29, 1.82) is 0 Å². The van der Waals surface area contributed by atoms with Crippen molar-refractivity contribution in [3.63, 3.8) is 0 Å². The van der Waals surface area contributed by atoms with Gasteiger partial charge < -0.3 is 19.0 Å². The van der Waals surface area contributed by atoms with Crippen LogP contribution in [0.5, 0.6) is 5.75 Å². The first-order valence-corrected chi connectivity index (χ1v) is 12.0. The van der Waals surface area contributed by atoms with Gasteiger partial charge in [-0.1, -0.05) is 101 Å². The van der Waals surface area contributed by atoms with E-state index < -0.39 is 8.60 Å². The zero-order chi connectivity index (χ0) is 23.4. The van der Waals surface area contributed by atoms with E-state index in [9.17, 15) is 0 Å². The van der Waals surface area contributed by atoms with Crippen molar-refractivity contribution in [1.82, 2.24) is 0 Å². The van der Waals surface area contributed by atoms with Crippen LogP contribution >= 0.6 is 8.60 Å². The fourth-order valence-electron chi connectivity index (χ4n) is 3.87. The zero-order valence-electron chi connectivity index (χ0n) is 19.5. The number of ether oxygens (including phenoxy) is 1. The Balaban J connectivity index is 2.07. The minimum atomic E-state index is -2.38. The van der Waals surface area contributed by atoms with Crippen molar-refractivity contribution in [3.8, 4) is 16.9 Å². The normalized spacial score (nSPS) is 12.2. The highest BCUT2D eigenvalue weighted by Gasteiger charge is 2.27. The smallest absolute Gasteiger partial charge is 0.327 e. The second kappa shape index (κ2) is 10.1. The number of hydrogen-bond acceptors (Lipinski definition) is 4. The lowest BCUT2D eigenvalue weighted by atomic mass is 9.74. The first kappa shape index (κ1) is 24.4. The molecule has 0 amide bonds. The van der Waals surface area contributed by atoms with E-state index >= 15 is 0 Å². The van der Waals surface area contributed by atoms with Crippen LogP contribution in [-0.4, -0.2) is 23.0 Å². The van der Waals surface area contributed by atoms with Gasteiger partial charge in [0.05, 0.1) is 6.61 Å². The van der Waals surface area contributed by atoms with Gasteiger partial charge in [0.1, 0.15) is 12.4 Å². The summed E-state index contributed by atoms with van der Waals surface area (Å²) in [5.74, 6) is 0.762. The molecule has 0 saturated heterocycles. The topological polar surface area (TPSA) is 58.9 Å². The van der Waals surface area contributed by atoms with Crippen molar-refractivity contribution in [2.24, 2.45) is 0 Å². The summed E-state index contributed by atoms with van der Waals surface area (Å²) < 4.78 is 11.0. The average Bonchev–Trinajstić information content (AvgIpc) is 2.76. The van der Waals surface area contributed by atoms with Crippen LogP contribution in [-0.2, 0) is 15.4 Å². The summed E-state index contributed by atoms with van der Waals surface area (Å²) in [6, 6.07) is 25.3. The second-order valence-corrected chi connectivity index (χ2v) is 10.2. The summed E-state index contributed by atoms with van der Waals surface area (Å²) in [5.41, 5.74) is 5.52. The quantitative estimate of drug-likeness (QED) is 0.299. The Morgan fingerprint density at radius 3 is 2.03 bits per heavy atom. The molecule has 32 heavy (non-hydrogen) atoms. The maximum Gasteiger partial charge on any atom is 0.327 e. The molecule has 0 aliphatic heterocycles. The van der Waals surface area contributed by atoms with Crippen LogP contribution in [0.4, 0.5) is 0 Å². The third-order valence-corrected chi connectivity index (χ3v) is 6.19. The predicted octanol–water partition coefficient (Wildman–Crippen LogP) is 6.58. The Kier molecular flexibility index (Phi) is 7.74. The molecule has 5 heteroatoms. The van der Waals surface area contributed by atoms with Crippen molar-refractivity contribution >= 4 is 8.60 Å². The molecule has 3 aromatic rings. The molecule has 3 rings (SSSR count). The van der Waals surface area contributed by atoms with Crippen molar-refractivity contribution in [2.75, 3.05) is 13.2 Å². The van der Waals surface area contributed by atoms with Crippen LogP contribution in [0.25, 0.3) is 11.1 Å². The molecule has 4 nitrogen and oxygen atoms in total. The van der Waals surface area contributed by atoms with E-state index in [0.29, 0.717) is 0 Å². The fraction of sp³-hybridized carbons (Fsp3) is 0.333. The van der Waals surface area contributed by atoms with E-state index in [-0.39, 0.29) is 24.0 Å². The molecule has 0 spiro atoms. The molecule has 0 unspecified atom stereocenters. The van der Waals surface area contributed by atoms with Gasteiger partial charge in [0, 0.05) is 11.0 Å². The molecule has 0 saturated carbocycles. The maximum absolute atomic E-state index is 9.01. The van der Waals surface area contributed by atoms with Gasteiger partial charge in [-0.3, -0.25) is 0 Å². The highest BCUT2D eigenvalue weighted by molar-refractivity contribution is 7.39. The monoisotopic (exact) mass is 452 g/mol. The van der Waals surface area contributed by atoms with Gasteiger partial charge in [-0.25, -0.2) is 0 Å². The van der Waals surface area contributed by atoms with Gasteiger partial charge in [0.25, 0.3) is 0 Å². The lowest BCUT2D eigenvalue weighted by Crippen LogP contribution is -2.20. The van der Waals surface area contributed by atoms with Gasteiger partial charge in [-0.05, 0) is 33.7 Å². The lowest BCUT2D eigenvalue weighted by molar-refractivity contribution is 0.194. The number of hydrogen-bond donors (Lipinski definition) is 2. The van der Waals surface area contributed by atoms with E-state index in [1.165, 1.54) is 16.7 Å². The van der Waals surface area contributed by atoms with Gasteiger partial charge in [-0.15, -0.1) is 0 Å². The van der Waals surface area contributed by atoms with Gasteiger partial charge in [-0.2, -0.15) is 0 Å². The Labute approximate surface area is 192 Å². The van der Waals surface area contributed by atoms with E-state index in [2.05, 4.69) is 101 Å². The van der Waals surface area contributed by atoms with Crippen LogP contribution < -0.4 is 4.74 Å². The molecular formula is C27H33O4P. The molecule has 0 aliphatic carbocycles. The highest BCUT2D eigenvalue weighted by atomic mass is 31.2. The Hall–Kier alpha value is -2.23. The molecule has 0 radical (unpaired) electrons. The van der Waals surface area contributed by atoms with Gasteiger partial charge in [0.2, 0.25) is 0 Å². The van der Waals surface area contributed by atoms with Crippen LogP contribution in [0, 0.1) is 0 Å². The first-order chi connectivity index (χ1) is 15.1. The predicted molar refractivity (Wildman–Crippen MR) is 132 cm³/mol. The van der Waals surface area contributed by atoms with Crippen molar-refractivity contribution in [3.05, 3.63) is 89.5 Å². The average molecular weight is 453 g/mol. The van der Waals surface area contributed by atoms with Gasteiger partial charge in [0.15, 0.2) is 0 Å². The highest BCUT2D eigenvalue weighted by Crippen LogP contribution is 2.42. The summed E-state index contributed by atoms with van der Waals surface area (Å²) in [6.07, 6.45) is 0. The number of benzene rings is 3.